The SMILES string of the molecule is C=C(C(=O)O)[C@@H]1CC[C@]2(C)C[C@@H]3C(=C(O)C[C@@H]12)C(=O)C[C@@H]3C. The van der Waals surface area contributed by atoms with Crippen molar-refractivity contribution in [2.45, 2.75) is 46.0 Å². The molecule has 0 amide bonds. The number of carbonyl (C=O) groups is 2. The summed E-state index contributed by atoms with van der Waals surface area (Å²) >= 11 is 0. The van der Waals surface area contributed by atoms with Gasteiger partial charge in [0.2, 0.25) is 0 Å². The van der Waals surface area contributed by atoms with Crippen LogP contribution < -0.4 is 0 Å². The Morgan fingerprint density at radius 3 is 2.68 bits per heavy atom. The van der Waals surface area contributed by atoms with Gasteiger partial charge in [0, 0.05) is 24.0 Å². The fraction of sp³-hybridized carbons (Fsp3) is 0.667. The van der Waals surface area contributed by atoms with Gasteiger partial charge in [-0.05, 0) is 48.3 Å². The second-order valence-electron chi connectivity index (χ2n) is 7.72. The molecule has 4 heteroatoms. The molecule has 0 aromatic carbocycles. The molecule has 0 aromatic heterocycles. The lowest BCUT2D eigenvalue weighted by Gasteiger charge is -2.35. The summed E-state index contributed by atoms with van der Waals surface area (Å²) in [5.41, 5.74) is 0.850. The fourth-order valence-electron chi connectivity index (χ4n) is 5.11. The minimum atomic E-state index is -0.949. The summed E-state index contributed by atoms with van der Waals surface area (Å²) in [6.45, 7) is 8.02. The van der Waals surface area contributed by atoms with Gasteiger partial charge in [-0.3, -0.25) is 4.79 Å². The lowest BCUT2D eigenvalue weighted by molar-refractivity contribution is -0.133. The van der Waals surface area contributed by atoms with Gasteiger partial charge in [-0.2, -0.15) is 0 Å². The molecule has 2 N–H and O–H groups in total. The highest BCUT2D eigenvalue weighted by Gasteiger charge is 2.53. The highest BCUT2D eigenvalue weighted by atomic mass is 16.4. The Bertz CT molecular complexity index is 588. The highest BCUT2D eigenvalue weighted by molar-refractivity contribution is 5.99. The molecule has 0 bridgehead atoms. The van der Waals surface area contributed by atoms with Gasteiger partial charge < -0.3 is 10.2 Å². The molecule has 0 spiro atoms. The number of ketones is 1. The van der Waals surface area contributed by atoms with Crippen LogP contribution in [0.15, 0.2) is 23.5 Å². The number of aliphatic hydroxyl groups is 1. The summed E-state index contributed by atoms with van der Waals surface area (Å²) in [4.78, 5) is 23.5. The molecule has 2 fully saturated rings. The number of rotatable bonds is 2. The Balaban J connectivity index is 1.99. The van der Waals surface area contributed by atoms with Crippen molar-refractivity contribution in [3.63, 3.8) is 0 Å². The molecule has 120 valence electrons. The first-order valence-corrected chi connectivity index (χ1v) is 8.12. The summed E-state index contributed by atoms with van der Waals surface area (Å²) < 4.78 is 0. The Morgan fingerprint density at radius 1 is 1.36 bits per heavy atom. The van der Waals surface area contributed by atoms with Gasteiger partial charge in [0.1, 0.15) is 0 Å². The average molecular weight is 304 g/mol. The third-order valence-corrected chi connectivity index (χ3v) is 6.41. The van der Waals surface area contributed by atoms with Crippen molar-refractivity contribution >= 4 is 11.8 Å². The van der Waals surface area contributed by atoms with Crippen molar-refractivity contribution < 1.29 is 19.8 Å². The maximum absolute atomic E-state index is 12.2. The topological polar surface area (TPSA) is 74.6 Å². The second-order valence-corrected chi connectivity index (χ2v) is 7.72. The van der Waals surface area contributed by atoms with E-state index in [1.54, 1.807) is 0 Å². The lowest BCUT2D eigenvalue weighted by Crippen LogP contribution is -2.29. The van der Waals surface area contributed by atoms with Crippen molar-refractivity contribution in [2.75, 3.05) is 0 Å². The molecule has 0 saturated heterocycles. The summed E-state index contributed by atoms with van der Waals surface area (Å²) in [6, 6.07) is 0. The van der Waals surface area contributed by atoms with E-state index in [0.717, 1.165) is 19.3 Å². The third-order valence-electron chi connectivity index (χ3n) is 6.41. The first-order chi connectivity index (χ1) is 10.2. The predicted molar refractivity (Wildman–Crippen MR) is 82.3 cm³/mol. The minimum Gasteiger partial charge on any atom is -0.512 e. The molecule has 2 saturated carbocycles. The van der Waals surface area contributed by atoms with Crippen LogP contribution in [0.4, 0.5) is 0 Å². The summed E-state index contributed by atoms with van der Waals surface area (Å²) in [5.74, 6) is -0.314. The number of allylic oxidation sites excluding steroid dienone is 2. The normalized spacial score (nSPS) is 41.1. The van der Waals surface area contributed by atoms with E-state index in [1.165, 1.54) is 0 Å². The van der Waals surface area contributed by atoms with E-state index in [9.17, 15) is 19.8 Å². The second kappa shape index (κ2) is 4.97. The van der Waals surface area contributed by atoms with Crippen LogP contribution >= 0.6 is 0 Å². The van der Waals surface area contributed by atoms with Gasteiger partial charge >= 0.3 is 5.97 Å². The van der Waals surface area contributed by atoms with Gasteiger partial charge in [-0.15, -0.1) is 0 Å². The molecule has 0 aromatic rings. The molecule has 5 atom stereocenters. The molecule has 22 heavy (non-hydrogen) atoms. The van der Waals surface area contributed by atoms with Crippen LogP contribution in [0.25, 0.3) is 0 Å². The van der Waals surface area contributed by atoms with E-state index in [0.29, 0.717) is 18.4 Å². The van der Waals surface area contributed by atoms with Crippen molar-refractivity contribution in [3.8, 4) is 0 Å². The van der Waals surface area contributed by atoms with Crippen LogP contribution in [0.2, 0.25) is 0 Å². The fourth-order valence-corrected chi connectivity index (χ4v) is 5.11. The van der Waals surface area contributed by atoms with E-state index in [1.807, 2.05) is 0 Å². The first-order valence-electron chi connectivity index (χ1n) is 8.12. The maximum Gasteiger partial charge on any atom is 0.331 e. The molecule has 3 rings (SSSR count). The van der Waals surface area contributed by atoms with E-state index < -0.39 is 5.97 Å². The summed E-state index contributed by atoms with van der Waals surface area (Å²) in [6.07, 6.45) is 3.55. The van der Waals surface area contributed by atoms with Crippen LogP contribution in [0.5, 0.6) is 0 Å². The van der Waals surface area contributed by atoms with E-state index in [4.69, 9.17) is 0 Å². The predicted octanol–water partition coefficient (Wildman–Crippen LogP) is 3.49. The third kappa shape index (κ3) is 2.11. The van der Waals surface area contributed by atoms with Crippen molar-refractivity contribution in [2.24, 2.45) is 29.1 Å². The molecule has 0 radical (unpaired) electrons. The monoisotopic (exact) mass is 304 g/mol. The Labute approximate surface area is 130 Å². The number of carboxylic acids is 1. The molecule has 0 unspecified atom stereocenters. The van der Waals surface area contributed by atoms with Crippen LogP contribution in [0.3, 0.4) is 0 Å². The Morgan fingerprint density at radius 2 is 2.05 bits per heavy atom. The summed E-state index contributed by atoms with van der Waals surface area (Å²) in [5, 5.41) is 19.8. The molecule has 3 aliphatic rings. The van der Waals surface area contributed by atoms with Gasteiger partial charge in [-0.25, -0.2) is 4.79 Å². The molecule has 0 aliphatic heterocycles. The first kappa shape index (κ1) is 15.3. The van der Waals surface area contributed by atoms with Gasteiger partial charge in [0.25, 0.3) is 0 Å². The molecule has 4 nitrogen and oxygen atoms in total. The van der Waals surface area contributed by atoms with E-state index in [2.05, 4.69) is 20.4 Å². The highest BCUT2D eigenvalue weighted by Crippen LogP contribution is 2.59. The average Bonchev–Trinajstić information content (AvgIpc) is 2.84. The van der Waals surface area contributed by atoms with Crippen LogP contribution in [-0.4, -0.2) is 22.0 Å². The standard InChI is InChI=1S/C18H24O4/c1-9-6-14(19)16-12(9)8-18(3)5-4-11(10(2)17(21)22)13(18)7-15(16)20/h9,11-13,20H,2,4-8H2,1,3H3,(H,21,22)/t9-,11-,12-,13-,18+/m0/s1. The van der Waals surface area contributed by atoms with Gasteiger partial charge in [0.05, 0.1) is 5.76 Å². The van der Waals surface area contributed by atoms with Crippen LogP contribution in [0, 0.1) is 29.1 Å². The molecule has 3 aliphatic carbocycles. The number of carboxylic acid groups (broad SMARTS) is 1. The number of carbonyl (C=O) groups excluding carboxylic acids is 1. The number of Topliss-reactive ketones (excluding diaryl/α,β-unsaturated/α-hetero) is 1. The quantitative estimate of drug-likeness (QED) is 0.766. The summed E-state index contributed by atoms with van der Waals surface area (Å²) in [7, 11) is 0. The maximum atomic E-state index is 12.2. The van der Waals surface area contributed by atoms with Gasteiger partial charge in [0.15, 0.2) is 5.78 Å². The van der Waals surface area contributed by atoms with Crippen molar-refractivity contribution in [1.82, 2.24) is 0 Å². The number of aliphatic carboxylic acids is 1. The number of fused-ring (bicyclic) bond motifs is 2. The Kier molecular flexibility index (Phi) is 3.46. The number of aliphatic hydroxyl groups excluding tert-OH is 1. The van der Waals surface area contributed by atoms with Gasteiger partial charge in [-0.1, -0.05) is 20.4 Å². The van der Waals surface area contributed by atoms with E-state index in [-0.39, 0.29) is 46.2 Å². The van der Waals surface area contributed by atoms with Crippen molar-refractivity contribution in [1.29, 1.82) is 0 Å². The zero-order chi connectivity index (χ0) is 16.2. The zero-order valence-corrected chi connectivity index (χ0v) is 13.3. The van der Waals surface area contributed by atoms with E-state index >= 15 is 0 Å². The lowest BCUT2D eigenvalue weighted by atomic mass is 9.69. The van der Waals surface area contributed by atoms with Crippen LogP contribution in [0.1, 0.15) is 46.0 Å². The molecule has 0 heterocycles. The number of hydrogen-bond donors (Lipinski definition) is 2. The smallest absolute Gasteiger partial charge is 0.331 e. The van der Waals surface area contributed by atoms with Crippen LogP contribution in [-0.2, 0) is 9.59 Å². The number of hydrogen-bond acceptors (Lipinski definition) is 3. The largest absolute Gasteiger partial charge is 0.512 e. The van der Waals surface area contributed by atoms with Crippen molar-refractivity contribution in [3.05, 3.63) is 23.5 Å². The Hall–Kier alpha value is -1.58. The molecular formula is C18H24O4. The zero-order valence-electron chi connectivity index (χ0n) is 13.3. The molecular weight excluding hydrogens is 280 g/mol. The minimum absolute atomic E-state index is 0.0255.